The molecule has 0 aromatic heterocycles. The Morgan fingerprint density at radius 1 is 0.308 bits per heavy atom. The van der Waals surface area contributed by atoms with Gasteiger partial charge in [0.15, 0.2) is 0 Å². The summed E-state index contributed by atoms with van der Waals surface area (Å²) in [6, 6.07) is 0. The van der Waals surface area contributed by atoms with Crippen LogP contribution in [0.15, 0.2) is 0 Å². The van der Waals surface area contributed by atoms with E-state index in [0.717, 1.165) is 0 Å². The lowest BCUT2D eigenvalue weighted by Gasteiger charge is -2.22. The summed E-state index contributed by atoms with van der Waals surface area (Å²) in [6.07, 6.45) is 27.2. The molecule has 1 heteroatoms. The highest BCUT2D eigenvalue weighted by Gasteiger charge is 2.04. The quantitative estimate of drug-likeness (QED) is 0.173. The van der Waals surface area contributed by atoms with Crippen LogP contribution < -0.4 is 0 Å². The molecule has 0 unspecified atom stereocenters. The molecule has 0 aliphatic carbocycles. The fraction of sp³-hybridized carbons (Fsp3) is 1.00. The number of hydrogen-bond donors (Lipinski definition) is 0. The Hall–Kier alpha value is -0.0400. The molecule has 0 bridgehead atoms. The SMILES string of the molecule is CCCCCCCCCCN(CCCCC)CCCCCCCCCC. The normalized spacial score (nSPS) is 11.5. The van der Waals surface area contributed by atoms with E-state index in [-0.39, 0.29) is 0 Å². The average Bonchev–Trinajstić information content (AvgIpc) is 2.65. The number of unbranched alkanes of at least 4 members (excludes halogenated alkanes) is 16. The molecule has 26 heavy (non-hydrogen) atoms. The Morgan fingerprint density at radius 2 is 0.538 bits per heavy atom. The summed E-state index contributed by atoms with van der Waals surface area (Å²) in [5.41, 5.74) is 0. The van der Waals surface area contributed by atoms with Crippen LogP contribution in [0.1, 0.15) is 143 Å². The average molecular weight is 368 g/mol. The second-order valence-corrected chi connectivity index (χ2v) is 8.50. The molecule has 158 valence electrons. The van der Waals surface area contributed by atoms with Gasteiger partial charge in [-0.15, -0.1) is 0 Å². The van der Waals surface area contributed by atoms with Gasteiger partial charge in [-0.25, -0.2) is 0 Å². The van der Waals surface area contributed by atoms with E-state index in [0.29, 0.717) is 0 Å². The van der Waals surface area contributed by atoms with Crippen LogP contribution in [0.5, 0.6) is 0 Å². The zero-order chi connectivity index (χ0) is 19.1. The lowest BCUT2D eigenvalue weighted by Crippen LogP contribution is -2.27. The second-order valence-electron chi connectivity index (χ2n) is 8.50. The van der Waals surface area contributed by atoms with Crippen molar-refractivity contribution in [1.29, 1.82) is 0 Å². The van der Waals surface area contributed by atoms with Gasteiger partial charge in [0.25, 0.3) is 0 Å². The third kappa shape index (κ3) is 20.3. The largest absolute Gasteiger partial charge is 0.303 e. The molecule has 0 amide bonds. The van der Waals surface area contributed by atoms with Crippen molar-refractivity contribution in [1.82, 2.24) is 4.90 Å². The van der Waals surface area contributed by atoms with Crippen LogP contribution in [-0.2, 0) is 0 Å². The molecule has 0 radical (unpaired) electrons. The van der Waals surface area contributed by atoms with Gasteiger partial charge in [0.05, 0.1) is 0 Å². The zero-order valence-electron chi connectivity index (χ0n) is 19.0. The Kier molecular flexibility index (Phi) is 23.0. The first kappa shape index (κ1) is 26.0. The van der Waals surface area contributed by atoms with Crippen LogP contribution in [0.25, 0.3) is 0 Å². The fourth-order valence-electron chi connectivity index (χ4n) is 3.86. The molecule has 0 aromatic carbocycles. The van der Waals surface area contributed by atoms with Gasteiger partial charge < -0.3 is 4.90 Å². The van der Waals surface area contributed by atoms with E-state index in [2.05, 4.69) is 25.7 Å². The van der Waals surface area contributed by atoms with E-state index in [9.17, 15) is 0 Å². The standard InChI is InChI=1S/C25H53N/c1-4-7-10-12-14-16-18-21-24-26(23-20-9-6-3)25-22-19-17-15-13-11-8-5-2/h4-25H2,1-3H3. The van der Waals surface area contributed by atoms with Crippen molar-refractivity contribution in [2.24, 2.45) is 0 Å². The zero-order valence-corrected chi connectivity index (χ0v) is 19.0. The lowest BCUT2D eigenvalue weighted by molar-refractivity contribution is 0.255. The van der Waals surface area contributed by atoms with Gasteiger partial charge >= 0.3 is 0 Å². The smallest absolute Gasteiger partial charge is 0.00187 e. The van der Waals surface area contributed by atoms with Crippen molar-refractivity contribution >= 4 is 0 Å². The predicted octanol–water partition coefficient (Wildman–Crippen LogP) is 8.76. The maximum absolute atomic E-state index is 2.78. The van der Waals surface area contributed by atoms with Crippen LogP contribution in [0.4, 0.5) is 0 Å². The van der Waals surface area contributed by atoms with Crippen LogP contribution >= 0.6 is 0 Å². The van der Waals surface area contributed by atoms with Gasteiger partial charge in [-0.2, -0.15) is 0 Å². The van der Waals surface area contributed by atoms with Gasteiger partial charge in [-0.05, 0) is 38.9 Å². The van der Waals surface area contributed by atoms with E-state index in [1.165, 1.54) is 142 Å². The summed E-state index contributed by atoms with van der Waals surface area (Å²) < 4.78 is 0. The van der Waals surface area contributed by atoms with Crippen molar-refractivity contribution < 1.29 is 0 Å². The molecular weight excluding hydrogens is 314 g/mol. The number of rotatable bonds is 22. The molecule has 0 aromatic rings. The van der Waals surface area contributed by atoms with Crippen LogP contribution in [0.3, 0.4) is 0 Å². The lowest BCUT2D eigenvalue weighted by atomic mass is 10.1. The molecule has 0 aliphatic heterocycles. The van der Waals surface area contributed by atoms with Crippen molar-refractivity contribution in [3.63, 3.8) is 0 Å². The van der Waals surface area contributed by atoms with E-state index < -0.39 is 0 Å². The summed E-state index contributed by atoms with van der Waals surface area (Å²) in [5.74, 6) is 0. The number of hydrogen-bond acceptors (Lipinski definition) is 1. The molecule has 0 rings (SSSR count). The molecule has 0 spiro atoms. The van der Waals surface area contributed by atoms with E-state index in [1.54, 1.807) is 0 Å². The highest BCUT2D eigenvalue weighted by Crippen LogP contribution is 2.12. The Labute approximate surface area is 167 Å². The summed E-state index contributed by atoms with van der Waals surface area (Å²) in [5, 5.41) is 0. The minimum Gasteiger partial charge on any atom is -0.303 e. The highest BCUT2D eigenvalue weighted by atomic mass is 15.1. The van der Waals surface area contributed by atoms with Gasteiger partial charge in [0.2, 0.25) is 0 Å². The van der Waals surface area contributed by atoms with Crippen LogP contribution in [0, 0.1) is 0 Å². The first-order chi connectivity index (χ1) is 12.8. The highest BCUT2D eigenvalue weighted by molar-refractivity contribution is 4.60. The topological polar surface area (TPSA) is 3.24 Å². The number of nitrogens with zero attached hydrogens (tertiary/aromatic N) is 1. The van der Waals surface area contributed by atoms with Gasteiger partial charge in [-0.1, -0.05) is 124 Å². The minimum atomic E-state index is 1.35. The Morgan fingerprint density at radius 3 is 0.885 bits per heavy atom. The van der Waals surface area contributed by atoms with Crippen molar-refractivity contribution in [2.75, 3.05) is 19.6 Å². The predicted molar refractivity (Wildman–Crippen MR) is 121 cm³/mol. The van der Waals surface area contributed by atoms with Crippen molar-refractivity contribution in [3.8, 4) is 0 Å². The monoisotopic (exact) mass is 367 g/mol. The summed E-state index contributed by atoms with van der Waals surface area (Å²) in [4.78, 5) is 2.78. The molecule has 1 nitrogen and oxygen atoms in total. The molecule has 0 fully saturated rings. The molecule has 0 atom stereocenters. The Balaban J connectivity index is 3.63. The molecule has 0 saturated heterocycles. The van der Waals surface area contributed by atoms with Crippen molar-refractivity contribution in [2.45, 2.75) is 143 Å². The first-order valence-electron chi connectivity index (χ1n) is 12.6. The van der Waals surface area contributed by atoms with Crippen LogP contribution in [-0.4, -0.2) is 24.5 Å². The van der Waals surface area contributed by atoms with E-state index >= 15 is 0 Å². The third-order valence-corrected chi connectivity index (χ3v) is 5.73. The first-order valence-corrected chi connectivity index (χ1v) is 12.6. The van der Waals surface area contributed by atoms with Crippen molar-refractivity contribution in [3.05, 3.63) is 0 Å². The third-order valence-electron chi connectivity index (χ3n) is 5.73. The summed E-state index contributed by atoms with van der Waals surface area (Å²) in [7, 11) is 0. The second kappa shape index (κ2) is 23.0. The fourth-order valence-corrected chi connectivity index (χ4v) is 3.86. The Bertz CT molecular complexity index is 218. The van der Waals surface area contributed by atoms with E-state index in [1.807, 2.05) is 0 Å². The van der Waals surface area contributed by atoms with Crippen LogP contribution in [0.2, 0.25) is 0 Å². The maximum Gasteiger partial charge on any atom is -0.00187 e. The molecule has 0 saturated carbocycles. The maximum atomic E-state index is 2.78. The summed E-state index contributed by atoms with van der Waals surface area (Å²) >= 11 is 0. The summed E-state index contributed by atoms with van der Waals surface area (Å²) in [6.45, 7) is 11.0. The molecular formula is C25H53N. The molecule has 0 heterocycles. The molecule has 0 N–H and O–H groups in total. The minimum absolute atomic E-state index is 1.35. The molecule has 0 aliphatic rings. The van der Waals surface area contributed by atoms with Gasteiger partial charge in [0.1, 0.15) is 0 Å². The van der Waals surface area contributed by atoms with E-state index in [4.69, 9.17) is 0 Å². The van der Waals surface area contributed by atoms with Gasteiger partial charge in [0, 0.05) is 0 Å². The van der Waals surface area contributed by atoms with Gasteiger partial charge in [-0.3, -0.25) is 0 Å².